The smallest absolute Gasteiger partial charge is 0.278 e. The van der Waals surface area contributed by atoms with Gasteiger partial charge >= 0.3 is 0 Å². The molecule has 2 aromatic carbocycles. The second kappa shape index (κ2) is 8.09. The van der Waals surface area contributed by atoms with Gasteiger partial charge in [0, 0.05) is 26.2 Å². The van der Waals surface area contributed by atoms with Crippen LogP contribution >= 0.6 is 0 Å². The van der Waals surface area contributed by atoms with E-state index in [9.17, 15) is 9.59 Å². The molecule has 1 fully saturated rings. The number of amides is 2. The van der Waals surface area contributed by atoms with Crippen LogP contribution in [0.4, 0.5) is 0 Å². The Balaban J connectivity index is 1.72. The molecule has 0 atom stereocenters. The van der Waals surface area contributed by atoms with Gasteiger partial charge in [-0.05, 0) is 30.3 Å². The van der Waals surface area contributed by atoms with Gasteiger partial charge in [-0.25, -0.2) is 0 Å². The minimum absolute atomic E-state index is 0.214. The van der Waals surface area contributed by atoms with Gasteiger partial charge in [0.2, 0.25) is 0 Å². The summed E-state index contributed by atoms with van der Waals surface area (Å²) >= 11 is 0. The molecule has 0 saturated carbocycles. The Hall–Kier alpha value is -3.12. The number of ether oxygens (including phenoxy) is 1. The van der Waals surface area contributed by atoms with Crippen LogP contribution in [0.5, 0.6) is 5.75 Å². The molecule has 0 aromatic heterocycles. The van der Waals surface area contributed by atoms with Crippen LogP contribution in [-0.2, 0) is 16.1 Å². The van der Waals surface area contributed by atoms with Crippen LogP contribution in [0.3, 0.4) is 0 Å². The fourth-order valence-corrected chi connectivity index (χ4v) is 3.81. The van der Waals surface area contributed by atoms with Crippen LogP contribution in [0.2, 0.25) is 0 Å². The topological polar surface area (TPSA) is 53.1 Å². The second-order valence-corrected chi connectivity index (χ2v) is 7.42. The van der Waals surface area contributed by atoms with Gasteiger partial charge in [0.25, 0.3) is 11.8 Å². The molecule has 0 N–H and O–H groups in total. The Kier molecular flexibility index (Phi) is 5.36. The lowest BCUT2D eigenvalue weighted by molar-refractivity contribution is -0.138. The Bertz CT molecular complexity index is 930. The van der Waals surface area contributed by atoms with Crippen LogP contribution < -0.4 is 4.74 Å². The van der Waals surface area contributed by atoms with Crippen LogP contribution in [0.1, 0.15) is 11.1 Å². The molecule has 4 rings (SSSR count). The molecule has 2 amide bonds. The van der Waals surface area contributed by atoms with E-state index in [4.69, 9.17) is 4.74 Å². The summed E-state index contributed by atoms with van der Waals surface area (Å²) in [6.07, 6.45) is 0. The van der Waals surface area contributed by atoms with E-state index in [0.717, 1.165) is 37.3 Å². The fourth-order valence-electron chi connectivity index (χ4n) is 3.81. The molecular formula is C23H25N3O3. The molecule has 0 radical (unpaired) electrons. The van der Waals surface area contributed by atoms with Crippen LogP contribution in [-0.4, -0.2) is 66.9 Å². The summed E-state index contributed by atoms with van der Waals surface area (Å²) in [6.45, 7) is 3.45. The van der Waals surface area contributed by atoms with Crippen molar-refractivity contribution >= 4 is 17.4 Å². The first-order chi connectivity index (χ1) is 14.1. The first-order valence-electron chi connectivity index (χ1n) is 9.81. The van der Waals surface area contributed by atoms with Crippen molar-refractivity contribution in [2.75, 3.05) is 40.3 Å². The summed E-state index contributed by atoms with van der Waals surface area (Å²) in [7, 11) is 3.68. The van der Waals surface area contributed by atoms with Gasteiger partial charge in [0.1, 0.15) is 11.4 Å². The van der Waals surface area contributed by atoms with Crippen molar-refractivity contribution in [1.82, 2.24) is 14.7 Å². The van der Waals surface area contributed by atoms with Gasteiger partial charge in [0.15, 0.2) is 0 Å². The largest absolute Gasteiger partial charge is 0.497 e. The number of hydrogen-bond acceptors (Lipinski definition) is 5. The summed E-state index contributed by atoms with van der Waals surface area (Å²) in [5.74, 6) is 0.264. The molecule has 6 nitrogen and oxygen atoms in total. The standard InChI is InChI=1S/C23H25N3O3/c1-24-12-14-25(15-13-24)21-20(18-8-10-19(29-2)11-9-18)22(27)26(23(21)28)16-17-6-4-3-5-7-17/h3-11H,12-16H2,1-2H3. The molecule has 6 heteroatoms. The molecule has 0 spiro atoms. The quantitative estimate of drug-likeness (QED) is 0.732. The third kappa shape index (κ3) is 3.76. The predicted molar refractivity (Wildman–Crippen MR) is 111 cm³/mol. The molecule has 1 saturated heterocycles. The monoisotopic (exact) mass is 391 g/mol. The first-order valence-corrected chi connectivity index (χ1v) is 9.81. The van der Waals surface area contributed by atoms with E-state index in [2.05, 4.69) is 16.8 Å². The highest BCUT2D eigenvalue weighted by molar-refractivity contribution is 6.35. The number of benzene rings is 2. The zero-order valence-electron chi connectivity index (χ0n) is 16.8. The maximum atomic E-state index is 13.4. The fraction of sp³-hybridized carbons (Fsp3) is 0.304. The first kappa shape index (κ1) is 19.2. The van der Waals surface area contributed by atoms with E-state index in [-0.39, 0.29) is 18.4 Å². The number of likely N-dealkylation sites (N-methyl/N-ethyl adjacent to an activating group) is 1. The number of piperazine rings is 1. The highest BCUT2D eigenvalue weighted by Crippen LogP contribution is 2.33. The molecule has 0 bridgehead atoms. The van der Waals surface area contributed by atoms with Crippen molar-refractivity contribution in [3.05, 3.63) is 71.4 Å². The minimum atomic E-state index is -0.238. The van der Waals surface area contributed by atoms with Crippen molar-refractivity contribution in [1.29, 1.82) is 0 Å². The summed E-state index contributed by atoms with van der Waals surface area (Å²) in [6, 6.07) is 17.0. The van der Waals surface area contributed by atoms with E-state index in [0.29, 0.717) is 17.0 Å². The minimum Gasteiger partial charge on any atom is -0.497 e. The number of carbonyl (C=O) groups excluding carboxylic acids is 2. The number of imide groups is 1. The van der Waals surface area contributed by atoms with E-state index < -0.39 is 0 Å². The maximum absolute atomic E-state index is 13.4. The van der Waals surface area contributed by atoms with Crippen LogP contribution in [0.25, 0.3) is 5.57 Å². The molecule has 2 aromatic rings. The SMILES string of the molecule is COc1ccc(C2=C(N3CCN(C)CC3)C(=O)N(Cc3ccccc3)C2=O)cc1. The number of carbonyl (C=O) groups is 2. The Morgan fingerprint density at radius 1 is 0.862 bits per heavy atom. The van der Waals surface area contributed by atoms with Crippen molar-refractivity contribution in [3.8, 4) is 5.75 Å². The lowest BCUT2D eigenvalue weighted by Crippen LogP contribution is -2.46. The average molecular weight is 391 g/mol. The van der Waals surface area contributed by atoms with Crippen LogP contribution in [0.15, 0.2) is 60.3 Å². The lowest BCUT2D eigenvalue weighted by Gasteiger charge is -2.34. The lowest BCUT2D eigenvalue weighted by atomic mass is 10.0. The van der Waals surface area contributed by atoms with E-state index in [1.165, 1.54) is 4.90 Å². The van der Waals surface area contributed by atoms with Gasteiger partial charge in [-0.1, -0.05) is 42.5 Å². The summed E-state index contributed by atoms with van der Waals surface area (Å²) in [5.41, 5.74) is 2.68. The number of hydrogen-bond donors (Lipinski definition) is 0. The van der Waals surface area contributed by atoms with E-state index in [1.807, 2.05) is 54.6 Å². The molecule has 0 aliphatic carbocycles. The van der Waals surface area contributed by atoms with Gasteiger partial charge in [-0.15, -0.1) is 0 Å². The second-order valence-electron chi connectivity index (χ2n) is 7.42. The average Bonchev–Trinajstić information content (AvgIpc) is 3.00. The number of nitrogens with zero attached hydrogens (tertiary/aromatic N) is 3. The van der Waals surface area contributed by atoms with Gasteiger partial charge in [0.05, 0.1) is 19.2 Å². The predicted octanol–water partition coefficient (Wildman–Crippen LogP) is 2.22. The molecule has 2 aliphatic heterocycles. The zero-order valence-corrected chi connectivity index (χ0v) is 16.8. The highest BCUT2D eigenvalue weighted by Gasteiger charge is 2.41. The molecule has 150 valence electrons. The van der Waals surface area contributed by atoms with E-state index in [1.54, 1.807) is 7.11 Å². The van der Waals surface area contributed by atoms with Crippen molar-refractivity contribution in [2.45, 2.75) is 6.54 Å². The summed E-state index contributed by atoms with van der Waals surface area (Å²) in [4.78, 5) is 32.4. The van der Waals surface area contributed by atoms with Gasteiger partial charge < -0.3 is 14.5 Å². The summed E-state index contributed by atoms with van der Waals surface area (Å²) in [5, 5.41) is 0. The zero-order chi connectivity index (χ0) is 20.4. The molecule has 2 aliphatic rings. The number of rotatable bonds is 5. The van der Waals surface area contributed by atoms with Crippen molar-refractivity contribution < 1.29 is 14.3 Å². The normalized spacial score (nSPS) is 18.0. The number of methoxy groups -OCH3 is 1. The molecule has 0 unspecified atom stereocenters. The van der Waals surface area contributed by atoms with Gasteiger partial charge in [-0.2, -0.15) is 0 Å². The third-order valence-corrected chi connectivity index (χ3v) is 5.53. The van der Waals surface area contributed by atoms with Crippen LogP contribution in [0, 0.1) is 0 Å². The van der Waals surface area contributed by atoms with E-state index >= 15 is 0 Å². The Morgan fingerprint density at radius 2 is 1.52 bits per heavy atom. The van der Waals surface area contributed by atoms with Crippen molar-refractivity contribution in [2.24, 2.45) is 0 Å². The maximum Gasteiger partial charge on any atom is 0.278 e. The molecular weight excluding hydrogens is 366 g/mol. The molecule has 2 heterocycles. The summed E-state index contributed by atoms with van der Waals surface area (Å²) < 4.78 is 5.24. The van der Waals surface area contributed by atoms with Crippen molar-refractivity contribution in [3.63, 3.8) is 0 Å². The third-order valence-electron chi connectivity index (χ3n) is 5.53. The van der Waals surface area contributed by atoms with Gasteiger partial charge in [-0.3, -0.25) is 14.5 Å². The highest BCUT2D eigenvalue weighted by atomic mass is 16.5. The molecule has 29 heavy (non-hydrogen) atoms. The Labute approximate surface area is 171 Å². The Morgan fingerprint density at radius 3 is 2.14 bits per heavy atom.